The summed E-state index contributed by atoms with van der Waals surface area (Å²) in [7, 11) is 2.03. The molecule has 5 nitrogen and oxygen atoms in total. The van der Waals surface area contributed by atoms with Crippen LogP contribution in [0.1, 0.15) is 24.0 Å². The van der Waals surface area contributed by atoms with E-state index in [1.54, 1.807) is 11.8 Å². The molecule has 2 unspecified atom stereocenters. The fourth-order valence-electron chi connectivity index (χ4n) is 4.80. The molecule has 7 heteroatoms. The van der Waals surface area contributed by atoms with Crippen LogP contribution in [-0.4, -0.2) is 50.0 Å². The first kappa shape index (κ1) is 20.2. The van der Waals surface area contributed by atoms with E-state index in [1.165, 1.54) is 31.5 Å². The number of piperidine rings is 1. The summed E-state index contributed by atoms with van der Waals surface area (Å²) in [6.45, 7) is 5.67. The van der Waals surface area contributed by atoms with E-state index in [4.69, 9.17) is 0 Å². The van der Waals surface area contributed by atoms with Crippen LogP contribution < -0.4 is 0 Å². The van der Waals surface area contributed by atoms with E-state index in [1.807, 2.05) is 19.3 Å². The zero-order valence-electron chi connectivity index (χ0n) is 17.4. The fraction of sp³-hybridized carbons (Fsp3) is 0.435. The van der Waals surface area contributed by atoms with Crippen molar-refractivity contribution in [1.29, 1.82) is 0 Å². The van der Waals surface area contributed by atoms with Gasteiger partial charge in [-0.1, -0.05) is 45.9 Å². The van der Waals surface area contributed by atoms with E-state index in [0.29, 0.717) is 5.41 Å². The molecule has 2 atom stereocenters. The number of benzene rings is 1. The normalized spacial score (nSPS) is 23.0. The van der Waals surface area contributed by atoms with Crippen LogP contribution in [-0.2, 0) is 12.5 Å². The lowest BCUT2D eigenvalue weighted by Crippen LogP contribution is -2.27. The summed E-state index contributed by atoms with van der Waals surface area (Å²) in [5.74, 6) is 2.74. The van der Waals surface area contributed by atoms with Crippen LogP contribution in [0.15, 0.2) is 52.2 Å². The van der Waals surface area contributed by atoms with Crippen molar-refractivity contribution in [3.63, 3.8) is 0 Å². The first-order valence-corrected chi connectivity index (χ1v) is 12.3. The van der Waals surface area contributed by atoms with E-state index >= 15 is 0 Å². The number of fused-ring (bicyclic) bond motifs is 1. The zero-order chi connectivity index (χ0) is 20.7. The van der Waals surface area contributed by atoms with Gasteiger partial charge in [0.05, 0.1) is 0 Å². The highest BCUT2D eigenvalue weighted by molar-refractivity contribution is 9.10. The van der Waals surface area contributed by atoms with Gasteiger partial charge in [0.15, 0.2) is 11.0 Å². The number of aryl methyl sites for hydroxylation is 1. The highest BCUT2D eigenvalue weighted by atomic mass is 79.9. The predicted molar refractivity (Wildman–Crippen MR) is 125 cm³/mol. The van der Waals surface area contributed by atoms with Gasteiger partial charge in [-0.3, -0.25) is 4.98 Å². The van der Waals surface area contributed by atoms with Gasteiger partial charge in [0.1, 0.15) is 5.69 Å². The van der Waals surface area contributed by atoms with E-state index in [2.05, 4.69) is 77.8 Å². The SMILES string of the molecule is Cc1cccnc1-c1nnc(SCCCN2CC3CC3(c3ccc(Br)cc3)C2)n1C. The summed E-state index contributed by atoms with van der Waals surface area (Å²) in [5.41, 5.74) is 3.97. The molecule has 1 aliphatic heterocycles. The maximum atomic E-state index is 4.48. The number of hydrogen-bond donors (Lipinski definition) is 0. The molecule has 1 aliphatic carbocycles. The van der Waals surface area contributed by atoms with Gasteiger partial charge in [-0.2, -0.15) is 0 Å². The van der Waals surface area contributed by atoms with Crippen LogP contribution in [0.25, 0.3) is 11.5 Å². The van der Waals surface area contributed by atoms with Crippen LogP contribution >= 0.6 is 27.7 Å². The minimum atomic E-state index is 0.423. The molecule has 0 amide bonds. The van der Waals surface area contributed by atoms with Crippen molar-refractivity contribution in [1.82, 2.24) is 24.6 Å². The van der Waals surface area contributed by atoms with E-state index in [9.17, 15) is 0 Å². The number of aromatic nitrogens is 4. The number of rotatable bonds is 7. The van der Waals surface area contributed by atoms with Crippen LogP contribution in [0.3, 0.4) is 0 Å². The minimum Gasteiger partial charge on any atom is -0.304 e. The average molecular weight is 484 g/mol. The summed E-state index contributed by atoms with van der Waals surface area (Å²) in [5, 5.41) is 9.74. The Kier molecular flexibility index (Phi) is 5.45. The Balaban J connectivity index is 1.13. The molecule has 156 valence electrons. The van der Waals surface area contributed by atoms with Crippen molar-refractivity contribution in [2.45, 2.75) is 30.3 Å². The fourth-order valence-corrected chi connectivity index (χ4v) is 5.90. The van der Waals surface area contributed by atoms with Gasteiger partial charge in [0.25, 0.3) is 0 Å². The summed E-state index contributed by atoms with van der Waals surface area (Å²) < 4.78 is 3.23. The molecule has 30 heavy (non-hydrogen) atoms. The van der Waals surface area contributed by atoms with Crippen LogP contribution in [0.2, 0.25) is 0 Å². The molecule has 3 aromatic rings. The van der Waals surface area contributed by atoms with Crippen molar-refractivity contribution in [2.24, 2.45) is 13.0 Å². The molecular weight excluding hydrogens is 458 g/mol. The number of likely N-dealkylation sites (tertiary alicyclic amines) is 1. The number of halogens is 1. The van der Waals surface area contributed by atoms with Gasteiger partial charge in [-0.25, -0.2) is 0 Å². The van der Waals surface area contributed by atoms with E-state index < -0.39 is 0 Å². The Morgan fingerprint density at radius 2 is 2.03 bits per heavy atom. The van der Waals surface area contributed by atoms with Gasteiger partial charge in [-0.15, -0.1) is 10.2 Å². The summed E-state index contributed by atoms with van der Waals surface area (Å²) in [4.78, 5) is 7.13. The molecule has 2 aliphatic rings. The molecule has 5 rings (SSSR count). The van der Waals surface area contributed by atoms with Crippen molar-refractivity contribution in [3.8, 4) is 11.5 Å². The molecule has 0 bridgehead atoms. The zero-order valence-corrected chi connectivity index (χ0v) is 19.8. The summed E-state index contributed by atoms with van der Waals surface area (Å²) in [6.07, 6.45) is 4.33. The van der Waals surface area contributed by atoms with Crippen LogP contribution in [0.5, 0.6) is 0 Å². The highest BCUT2D eigenvalue weighted by Crippen LogP contribution is 2.59. The van der Waals surface area contributed by atoms with Gasteiger partial charge in [0, 0.05) is 42.0 Å². The highest BCUT2D eigenvalue weighted by Gasteiger charge is 2.60. The predicted octanol–water partition coefficient (Wildman–Crippen LogP) is 4.70. The molecular formula is C23H26BrN5S. The standard InChI is InChI=1S/C23H26BrN5S/c1-16-5-3-10-25-20(16)21-26-27-22(28(21)2)30-12-4-11-29-14-18-13-23(18,15-29)17-6-8-19(24)9-7-17/h3,5-10,18H,4,11-15H2,1-2H3. The second-order valence-electron chi connectivity index (χ2n) is 8.54. The Labute approximate surface area is 190 Å². The third-order valence-corrected chi connectivity index (χ3v) is 8.18. The number of nitrogens with zero attached hydrogens (tertiary/aromatic N) is 5. The van der Waals surface area contributed by atoms with Crippen molar-refractivity contribution in [2.75, 3.05) is 25.4 Å². The average Bonchev–Trinajstić information content (AvgIpc) is 3.12. The maximum absolute atomic E-state index is 4.48. The first-order chi connectivity index (χ1) is 14.6. The molecule has 1 saturated heterocycles. The molecule has 3 heterocycles. The lowest BCUT2D eigenvalue weighted by Gasteiger charge is -2.21. The van der Waals surface area contributed by atoms with E-state index in [0.717, 1.165) is 44.9 Å². The number of thioether (sulfide) groups is 1. The number of hydrogen-bond acceptors (Lipinski definition) is 5. The van der Waals surface area contributed by atoms with E-state index in [-0.39, 0.29) is 0 Å². The van der Waals surface area contributed by atoms with Gasteiger partial charge in [0.2, 0.25) is 0 Å². The van der Waals surface area contributed by atoms with Gasteiger partial charge >= 0.3 is 0 Å². The third-order valence-electron chi connectivity index (χ3n) is 6.54. The lowest BCUT2D eigenvalue weighted by molar-refractivity contribution is 0.299. The van der Waals surface area contributed by atoms with Crippen molar-refractivity contribution in [3.05, 3.63) is 58.2 Å². The van der Waals surface area contributed by atoms with Gasteiger partial charge < -0.3 is 9.47 Å². The summed E-state index contributed by atoms with van der Waals surface area (Å²) in [6, 6.07) is 13.0. The van der Waals surface area contributed by atoms with Crippen LogP contribution in [0, 0.1) is 12.8 Å². The molecule has 0 radical (unpaired) electrons. The smallest absolute Gasteiger partial charge is 0.191 e. The first-order valence-electron chi connectivity index (χ1n) is 10.5. The summed E-state index contributed by atoms with van der Waals surface area (Å²) >= 11 is 5.34. The van der Waals surface area contributed by atoms with Crippen molar-refractivity contribution < 1.29 is 0 Å². The minimum absolute atomic E-state index is 0.423. The molecule has 2 aromatic heterocycles. The quantitative estimate of drug-likeness (QED) is 0.359. The Morgan fingerprint density at radius 3 is 2.83 bits per heavy atom. The second-order valence-corrected chi connectivity index (χ2v) is 10.5. The Morgan fingerprint density at radius 1 is 1.20 bits per heavy atom. The van der Waals surface area contributed by atoms with Crippen molar-refractivity contribution >= 4 is 27.7 Å². The number of pyridine rings is 1. The Bertz CT molecular complexity index is 1050. The lowest BCUT2D eigenvalue weighted by atomic mass is 9.95. The molecule has 2 fully saturated rings. The maximum Gasteiger partial charge on any atom is 0.191 e. The largest absolute Gasteiger partial charge is 0.304 e. The molecule has 0 spiro atoms. The van der Waals surface area contributed by atoms with Crippen LogP contribution in [0.4, 0.5) is 0 Å². The molecule has 0 N–H and O–H groups in total. The Hall–Kier alpha value is -1.70. The topological polar surface area (TPSA) is 46.8 Å². The second kappa shape index (κ2) is 8.09. The van der Waals surface area contributed by atoms with Gasteiger partial charge in [-0.05, 0) is 61.6 Å². The third kappa shape index (κ3) is 3.72. The molecule has 1 aromatic carbocycles. The monoisotopic (exact) mass is 483 g/mol. The molecule has 1 saturated carbocycles.